The van der Waals surface area contributed by atoms with Crippen LogP contribution in [0.3, 0.4) is 0 Å². The summed E-state index contributed by atoms with van der Waals surface area (Å²) in [6.07, 6.45) is 0.987. The zero-order chi connectivity index (χ0) is 14.9. The van der Waals surface area contributed by atoms with Crippen molar-refractivity contribution in [2.75, 3.05) is 18.0 Å². The molecule has 0 unspecified atom stereocenters. The van der Waals surface area contributed by atoms with Crippen LogP contribution in [0.5, 0.6) is 0 Å². The summed E-state index contributed by atoms with van der Waals surface area (Å²) in [5.41, 5.74) is 0.600. The summed E-state index contributed by atoms with van der Waals surface area (Å²) < 4.78 is 0. The van der Waals surface area contributed by atoms with Crippen LogP contribution >= 0.6 is 0 Å². The molecule has 1 aromatic rings. The van der Waals surface area contributed by atoms with Gasteiger partial charge in [0.2, 0.25) is 0 Å². The van der Waals surface area contributed by atoms with Gasteiger partial charge in [-0.25, -0.2) is 0 Å². The molecule has 0 radical (unpaired) electrons. The smallest absolute Gasteiger partial charge is 0.309 e. The number of nitro benzene ring substituents is 1. The monoisotopic (exact) mass is 278 g/mol. The molecule has 1 aliphatic heterocycles. The standard InChI is InChI=1S/C14H18N2O4/c1-10-4-3-5-11(12(10)16(19)20)15-8-6-14(2,7-9-15)13(17)18/h3-5H,6-9H2,1-2H3,(H,17,18). The van der Waals surface area contributed by atoms with E-state index in [0.717, 1.165) is 0 Å². The summed E-state index contributed by atoms with van der Waals surface area (Å²) in [6.45, 7) is 4.49. The van der Waals surface area contributed by atoms with Crippen LogP contribution in [0.4, 0.5) is 11.4 Å². The molecule has 0 aliphatic carbocycles. The summed E-state index contributed by atoms with van der Waals surface area (Å²) in [5, 5.41) is 20.4. The number of nitro groups is 1. The Bertz CT molecular complexity index is 548. The molecule has 0 spiro atoms. The second kappa shape index (κ2) is 5.11. The minimum absolute atomic E-state index is 0.117. The number of aliphatic carboxylic acids is 1. The molecule has 1 N–H and O–H groups in total. The van der Waals surface area contributed by atoms with Crippen molar-refractivity contribution in [1.29, 1.82) is 0 Å². The second-order valence-corrected chi connectivity index (χ2v) is 5.55. The van der Waals surface area contributed by atoms with Crippen LogP contribution in [0, 0.1) is 22.5 Å². The topological polar surface area (TPSA) is 83.7 Å². The third kappa shape index (κ3) is 2.45. The molecule has 0 saturated carbocycles. The Hall–Kier alpha value is -2.11. The average molecular weight is 278 g/mol. The van der Waals surface area contributed by atoms with E-state index in [4.69, 9.17) is 0 Å². The van der Waals surface area contributed by atoms with Crippen molar-refractivity contribution < 1.29 is 14.8 Å². The van der Waals surface area contributed by atoms with Crippen molar-refractivity contribution in [2.45, 2.75) is 26.7 Å². The fraction of sp³-hybridized carbons (Fsp3) is 0.500. The molecule has 1 aliphatic rings. The number of benzene rings is 1. The number of carbonyl (C=O) groups is 1. The fourth-order valence-corrected chi connectivity index (χ4v) is 2.59. The molecular formula is C14H18N2O4. The zero-order valence-electron chi connectivity index (χ0n) is 11.6. The SMILES string of the molecule is Cc1cccc(N2CCC(C)(C(=O)O)CC2)c1[N+](=O)[O-]. The van der Waals surface area contributed by atoms with E-state index in [1.807, 2.05) is 4.90 Å². The summed E-state index contributed by atoms with van der Waals surface area (Å²) in [4.78, 5) is 24.0. The van der Waals surface area contributed by atoms with Crippen molar-refractivity contribution in [3.63, 3.8) is 0 Å². The largest absolute Gasteiger partial charge is 0.481 e. The number of nitrogens with zero attached hydrogens (tertiary/aromatic N) is 2. The molecule has 0 aromatic heterocycles. The van der Waals surface area contributed by atoms with Crippen LogP contribution < -0.4 is 4.90 Å². The number of piperidine rings is 1. The summed E-state index contributed by atoms with van der Waals surface area (Å²) in [6, 6.07) is 5.24. The lowest BCUT2D eigenvalue weighted by molar-refractivity contribution is -0.384. The van der Waals surface area contributed by atoms with E-state index in [-0.39, 0.29) is 10.6 Å². The van der Waals surface area contributed by atoms with Gasteiger partial charge in [-0.05, 0) is 32.8 Å². The maximum absolute atomic E-state index is 11.2. The molecule has 20 heavy (non-hydrogen) atoms. The Kier molecular flexibility index (Phi) is 3.65. The maximum atomic E-state index is 11.2. The zero-order valence-corrected chi connectivity index (χ0v) is 11.6. The van der Waals surface area contributed by atoms with E-state index >= 15 is 0 Å². The highest BCUT2D eigenvalue weighted by molar-refractivity contribution is 5.75. The highest BCUT2D eigenvalue weighted by Crippen LogP contribution is 2.37. The molecule has 1 fully saturated rings. The van der Waals surface area contributed by atoms with Crippen molar-refractivity contribution in [1.82, 2.24) is 0 Å². The van der Waals surface area contributed by atoms with Gasteiger partial charge in [0, 0.05) is 18.7 Å². The normalized spacial score (nSPS) is 17.8. The molecule has 0 atom stereocenters. The Balaban J connectivity index is 2.26. The van der Waals surface area contributed by atoms with Gasteiger partial charge in [-0.2, -0.15) is 0 Å². The van der Waals surface area contributed by atoms with Gasteiger partial charge < -0.3 is 10.0 Å². The first kappa shape index (κ1) is 14.3. The van der Waals surface area contributed by atoms with E-state index in [9.17, 15) is 20.0 Å². The van der Waals surface area contributed by atoms with Crippen LogP contribution in [0.1, 0.15) is 25.3 Å². The van der Waals surface area contributed by atoms with E-state index < -0.39 is 11.4 Å². The highest BCUT2D eigenvalue weighted by atomic mass is 16.6. The van der Waals surface area contributed by atoms with Crippen LogP contribution in [0.15, 0.2) is 18.2 Å². The van der Waals surface area contributed by atoms with Crippen molar-refractivity contribution in [3.05, 3.63) is 33.9 Å². The van der Waals surface area contributed by atoms with Crippen LogP contribution in [0.2, 0.25) is 0 Å². The average Bonchev–Trinajstić information content (AvgIpc) is 2.38. The van der Waals surface area contributed by atoms with Gasteiger partial charge in [0.25, 0.3) is 5.69 Å². The van der Waals surface area contributed by atoms with Crippen molar-refractivity contribution in [3.8, 4) is 0 Å². The van der Waals surface area contributed by atoms with E-state index in [1.165, 1.54) is 0 Å². The first-order valence-corrected chi connectivity index (χ1v) is 6.57. The number of carboxylic acids is 1. The molecule has 2 rings (SSSR count). The molecule has 1 aromatic carbocycles. The predicted molar refractivity (Wildman–Crippen MR) is 75.0 cm³/mol. The Labute approximate surface area is 117 Å². The molecule has 1 saturated heterocycles. The summed E-state index contributed by atoms with van der Waals surface area (Å²) in [7, 11) is 0. The number of carboxylic acid groups (broad SMARTS) is 1. The lowest BCUT2D eigenvalue weighted by atomic mass is 9.80. The lowest BCUT2D eigenvalue weighted by Crippen LogP contribution is -2.42. The molecule has 6 nitrogen and oxygen atoms in total. The quantitative estimate of drug-likeness (QED) is 0.678. The number of hydrogen-bond acceptors (Lipinski definition) is 4. The Morgan fingerprint density at radius 3 is 2.50 bits per heavy atom. The summed E-state index contributed by atoms with van der Waals surface area (Å²) >= 11 is 0. The Morgan fingerprint density at radius 1 is 1.40 bits per heavy atom. The van der Waals surface area contributed by atoms with Crippen LogP contribution in [-0.2, 0) is 4.79 Å². The number of hydrogen-bond donors (Lipinski definition) is 1. The van der Waals surface area contributed by atoms with Crippen LogP contribution in [-0.4, -0.2) is 29.1 Å². The third-order valence-corrected chi connectivity index (χ3v) is 4.12. The van der Waals surface area contributed by atoms with Crippen LogP contribution in [0.25, 0.3) is 0 Å². The summed E-state index contributed by atoms with van der Waals surface area (Å²) in [5.74, 6) is -0.795. The number of rotatable bonds is 3. The number of para-hydroxylation sites is 1. The molecule has 0 bridgehead atoms. The highest BCUT2D eigenvalue weighted by Gasteiger charge is 2.38. The third-order valence-electron chi connectivity index (χ3n) is 4.12. The van der Waals surface area contributed by atoms with Crippen molar-refractivity contribution >= 4 is 17.3 Å². The molecule has 1 heterocycles. The lowest BCUT2D eigenvalue weighted by Gasteiger charge is -2.37. The molecular weight excluding hydrogens is 260 g/mol. The number of aryl methyl sites for hydroxylation is 1. The van der Waals surface area contributed by atoms with E-state index in [0.29, 0.717) is 37.2 Å². The predicted octanol–water partition coefficient (Wildman–Crippen LogP) is 2.59. The Morgan fingerprint density at radius 2 is 2.00 bits per heavy atom. The first-order valence-electron chi connectivity index (χ1n) is 6.57. The molecule has 6 heteroatoms. The minimum Gasteiger partial charge on any atom is -0.481 e. The van der Waals surface area contributed by atoms with Gasteiger partial charge in [0.15, 0.2) is 0 Å². The van der Waals surface area contributed by atoms with Gasteiger partial charge in [0.05, 0.1) is 10.3 Å². The fourth-order valence-electron chi connectivity index (χ4n) is 2.59. The van der Waals surface area contributed by atoms with Gasteiger partial charge in [0.1, 0.15) is 5.69 Å². The van der Waals surface area contributed by atoms with Gasteiger partial charge in [-0.15, -0.1) is 0 Å². The first-order chi connectivity index (χ1) is 9.35. The van der Waals surface area contributed by atoms with E-state index in [1.54, 1.807) is 32.0 Å². The van der Waals surface area contributed by atoms with Gasteiger partial charge in [-0.1, -0.05) is 12.1 Å². The molecule has 108 valence electrons. The van der Waals surface area contributed by atoms with Gasteiger partial charge in [-0.3, -0.25) is 14.9 Å². The maximum Gasteiger partial charge on any atom is 0.309 e. The molecule has 0 amide bonds. The van der Waals surface area contributed by atoms with Crippen molar-refractivity contribution in [2.24, 2.45) is 5.41 Å². The number of anilines is 1. The van der Waals surface area contributed by atoms with E-state index in [2.05, 4.69) is 0 Å². The minimum atomic E-state index is -0.795. The van der Waals surface area contributed by atoms with Gasteiger partial charge >= 0.3 is 5.97 Å². The second-order valence-electron chi connectivity index (χ2n) is 5.55.